The van der Waals surface area contributed by atoms with Gasteiger partial charge in [0, 0.05) is 49.4 Å². The van der Waals surface area contributed by atoms with Crippen LogP contribution in [0.15, 0.2) is 50.6 Å². The standard InChI is InChI=1S/C34H54N2O12/c1-8-28(41)45-23(16-37)12-27-33(7,22-35)20-32(5,6)21-34(27,13-24(17-38)46-29(42)9-2)36(14-25(18-39)47-30(43)10-3)15-26(19-40)48-31(44)11-4/h8-11,23-27,37-40H,1-4,12-22,35H2,5-7H3. The highest BCUT2D eigenvalue weighted by molar-refractivity contribution is 5.82. The van der Waals surface area contributed by atoms with Crippen molar-refractivity contribution in [2.45, 2.75) is 76.4 Å². The Morgan fingerprint density at radius 2 is 1.08 bits per heavy atom. The summed E-state index contributed by atoms with van der Waals surface area (Å²) in [4.78, 5) is 51.1. The molecule has 0 aromatic heterocycles. The van der Waals surface area contributed by atoms with Gasteiger partial charge in [-0.25, -0.2) is 19.2 Å². The maximum Gasteiger partial charge on any atom is 0.330 e. The number of nitrogens with zero attached hydrogens (tertiary/aromatic N) is 1. The summed E-state index contributed by atoms with van der Waals surface area (Å²) in [5, 5.41) is 41.6. The van der Waals surface area contributed by atoms with Crippen LogP contribution in [0.4, 0.5) is 0 Å². The van der Waals surface area contributed by atoms with Crippen molar-refractivity contribution in [2.75, 3.05) is 46.1 Å². The number of hydrogen-bond donors (Lipinski definition) is 5. The van der Waals surface area contributed by atoms with Gasteiger partial charge >= 0.3 is 23.9 Å². The molecule has 272 valence electrons. The molecular weight excluding hydrogens is 628 g/mol. The van der Waals surface area contributed by atoms with Crippen LogP contribution in [0.3, 0.4) is 0 Å². The summed E-state index contributed by atoms with van der Waals surface area (Å²) in [6.45, 7) is 16.8. The maximum atomic E-state index is 12.4. The van der Waals surface area contributed by atoms with Crippen LogP contribution in [0.1, 0.15) is 46.5 Å². The van der Waals surface area contributed by atoms with Crippen molar-refractivity contribution in [3.8, 4) is 0 Å². The Morgan fingerprint density at radius 3 is 1.44 bits per heavy atom. The molecule has 1 saturated carbocycles. The van der Waals surface area contributed by atoms with E-state index in [1.807, 2.05) is 20.8 Å². The Labute approximate surface area is 282 Å². The molecule has 0 aromatic carbocycles. The molecule has 0 saturated heterocycles. The van der Waals surface area contributed by atoms with Gasteiger partial charge in [-0.15, -0.1) is 0 Å². The molecule has 14 heteroatoms. The smallest absolute Gasteiger partial charge is 0.330 e. The summed E-state index contributed by atoms with van der Waals surface area (Å²) in [6, 6.07) is 0. The molecule has 1 fully saturated rings. The maximum absolute atomic E-state index is 12.4. The summed E-state index contributed by atoms with van der Waals surface area (Å²) in [7, 11) is 0. The van der Waals surface area contributed by atoms with E-state index in [4.69, 9.17) is 24.7 Å². The lowest BCUT2D eigenvalue weighted by Crippen LogP contribution is -2.68. The molecule has 0 radical (unpaired) electrons. The van der Waals surface area contributed by atoms with Gasteiger partial charge in [-0.3, -0.25) is 4.90 Å². The minimum atomic E-state index is -1.26. The summed E-state index contributed by atoms with van der Waals surface area (Å²) in [5.41, 5.74) is 3.95. The fraction of sp³-hybridized carbons (Fsp3) is 0.647. The average Bonchev–Trinajstić information content (AvgIpc) is 3.06. The van der Waals surface area contributed by atoms with E-state index in [2.05, 4.69) is 26.3 Å². The van der Waals surface area contributed by atoms with E-state index in [9.17, 15) is 39.6 Å². The number of esters is 4. The Bertz CT molecular complexity index is 1110. The second kappa shape index (κ2) is 19.6. The van der Waals surface area contributed by atoms with Crippen LogP contribution >= 0.6 is 0 Å². The van der Waals surface area contributed by atoms with Gasteiger partial charge in [0.15, 0.2) is 0 Å². The fourth-order valence-electron chi connectivity index (χ4n) is 7.28. The third-order valence-electron chi connectivity index (χ3n) is 8.79. The largest absolute Gasteiger partial charge is 0.457 e. The van der Waals surface area contributed by atoms with Crippen LogP contribution < -0.4 is 5.73 Å². The molecule has 0 aliphatic heterocycles. The summed E-state index contributed by atoms with van der Waals surface area (Å²) in [6.07, 6.45) is -0.0340. The lowest BCUT2D eigenvalue weighted by Gasteiger charge is -2.63. The molecule has 6 N–H and O–H groups in total. The van der Waals surface area contributed by atoms with Crippen molar-refractivity contribution in [1.29, 1.82) is 0 Å². The van der Waals surface area contributed by atoms with Gasteiger partial charge in [-0.2, -0.15) is 0 Å². The third-order valence-corrected chi connectivity index (χ3v) is 8.79. The summed E-state index contributed by atoms with van der Waals surface area (Å²) < 4.78 is 22.0. The number of ether oxygens (including phenoxy) is 4. The van der Waals surface area contributed by atoms with Gasteiger partial charge in [0.1, 0.15) is 24.4 Å². The van der Waals surface area contributed by atoms with Gasteiger partial charge < -0.3 is 45.1 Å². The van der Waals surface area contributed by atoms with E-state index in [1.54, 1.807) is 4.90 Å². The van der Waals surface area contributed by atoms with Crippen LogP contribution in [0.5, 0.6) is 0 Å². The third kappa shape index (κ3) is 11.9. The van der Waals surface area contributed by atoms with E-state index in [-0.39, 0.29) is 38.9 Å². The molecule has 0 amide bonds. The molecule has 0 spiro atoms. The molecule has 14 nitrogen and oxygen atoms in total. The Kier molecular flexibility index (Phi) is 17.4. The Morgan fingerprint density at radius 1 is 0.708 bits per heavy atom. The van der Waals surface area contributed by atoms with Crippen LogP contribution in [0, 0.1) is 16.7 Å². The number of aliphatic hydroxyl groups excluding tert-OH is 4. The Hall–Kier alpha value is -3.40. The second-order valence-electron chi connectivity index (χ2n) is 13.2. The highest BCUT2D eigenvalue weighted by atomic mass is 16.6. The number of nitrogens with two attached hydrogens (primary N) is 1. The first-order chi connectivity index (χ1) is 22.6. The molecule has 1 aliphatic rings. The number of carbonyl (C=O) groups is 4. The van der Waals surface area contributed by atoms with Gasteiger partial charge in [0.05, 0.1) is 26.4 Å². The number of rotatable bonds is 22. The predicted molar refractivity (Wildman–Crippen MR) is 176 cm³/mol. The molecule has 0 aromatic rings. The Balaban J connectivity index is 4.22. The number of hydrogen-bond acceptors (Lipinski definition) is 14. The van der Waals surface area contributed by atoms with E-state index in [0.29, 0.717) is 6.42 Å². The van der Waals surface area contributed by atoms with E-state index < -0.39 is 97.0 Å². The molecule has 0 heterocycles. The number of carbonyl (C=O) groups excluding carboxylic acids is 4. The molecule has 7 unspecified atom stereocenters. The van der Waals surface area contributed by atoms with Crippen LogP contribution in [-0.4, -0.2) is 125 Å². The molecule has 0 bridgehead atoms. The van der Waals surface area contributed by atoms with Crippen LogP contribution in [0.2, 0.25) is 0 Å². The minimum absolute atomic E-state index is 0.0103. The molecule has 1 aliphatic carbocycles. The first kappa shape index (κ1) is 42.6. The molecular formula is C34H54N2O12. The lowest BCUT2D eigenvalue weighted by atomic mass is 9.49. The molecule has 1 rings (SSSR count). The van der Waals surface area contributed by atoms with Crippen molar-refractivity contribution in [1.82, 2.24) is 4.90 Å². The quantitative estimate of drug-likeness (QED) is 0.0600. The zero-order chi connectivity index (χ0) is 36.7. The van der Waals surface area contributed by atoms with Crippen molar-refractivity contribution in [3.63, 3.8) is 0 Å². The van der Waals surface area contributed by atoms with Crippen molar-refractivity contribution in [2.24, 2.45) is 22.5 Å². The number of aliphatic hydroxyl groups is 4. The van der Waals surface area contributed by atoms with Crippen LogP contribution in [-0.2, 0) is 38.1 Å². The zero-order valence-electron chi connectivity index (χ0n) is 28.4. The lowest BCUT2D eigenvalue weighted by molar-refractivity contribution is -0.180. The summed E-state index contributed by atoms with van der Waals surface area (Å²) >= 11 is 0. The minimum Gasteiger partial charge on any atom is -0.457 e. The first-order valence-electron chi connectivity index (χ1n) is 15.8. The SMILES string of the molecule is C=CC(=O)OC(CO)CC1C(C)(CN)CC(C)(C)CC1(CC(CO)OC(=O)C=C)N(CC(CO)OC(=O)C=C)CC(CO)OC(=O)C=C. The fourth-order valence-corrected chi connectivity index (χ4v) is 7.28. The normalized spacial score (nSPS) is 24.2. The van der Waals surface area contributed by atoms with Crippen molar-refractivity contribution >= 4 is 23.9 Å². The topological polar surface area (TPSA) is 215 Å². The van der Waals surface area contributed by atoms with Gasteiger partial charge in [-0.05, 0) is 42.6 Å². The van der Waals surface area contributed by atoms with Gasteiger partial charge in [0.25, 0.3) is 0 Å². The van der Waals surface area contributed by atoms with Gasteiger partial charge in [0.2, 0.25) is 0 Å². The molecule has 48 heavy (non-hydrogen) atoms. The van der Waals surface area contributed by atoms with Crippen molar-refractivity contribution < 1.29 is 58.6 Å². The highest BCUT2D eigenvalue weighted by Crippen LogP contribution is 2.59. The van der Waals surface area contributed by atoms with E-state index in [1.165, 1.54) is 0 Å². The highest BCUT2D eigenvalue weighted by Gasteiger charge is 2.60. The predicted octanol–water partition coefficient (Wildman–Crippen LogP) is 0.569. The monoisotopic (exact) mass is 682 g/mol. The second-order valence-corrected chi connectivity index (χ2v) is 13.2. The first-order valence-corrected chi connectivity index (χ1v) is 15.8. The van der Waals surface area contributed by atoms with Crippen molar-refractivity contribution in [3.05, 3.63) is 50.6 Å². The van der Waals surface area contributed by atoms with E-state index >= 15 is 0 Å². The summed E-state index contributed by atoms with van der Waals surface area (Å²) in [5.74, 6) is -3.87. The van der Waals surface area contributed by atoms with E-state index in [0.717, 1.165) is 24.3 Å². The zero-order valence-corrected chi connectivity index (χ0v) is 28.4. The average molecular weight is 683 g/mol. The molecule has 7 atom stereocenters. The van der Waals surface area contributed by atoms with Crippen LogP contribution in [0.25, 0.3) is 0 Å². The van der Waals surface area contributed by atoms with Gasteiger partial charge in [-0.1, -0.05) is 47.1 Å².